The third kappa shape index (κ3) is 4.17. The number of hydrogen-bond donors (Lipinski definition) is 1. The normalized spacial score (nSPS) is 14.3. The van der Waals surface area contributed by atoms with Crippen molar-refractivity contribution in [1.29, 1.82) is 0 Å². The summed E-state index contributed by atoms with van der Waals surface area (Å²) in [6.07, 6.45) is 0. The van der Waals surface area contributed by atoms with Crippen LogP contribution < -0.4 is 10.2 Å². The Hall–Kier alpha value is -2.41. The van der Waals surface area contributed by atoms with E-state index in [1.54, 1.807) is 42.5 Å². The molecule has 7 heteroatoms. The summed E-state index contributed by atoms with van der Waals surface area (Å²) in [5.74, 6) is -1.52. The molecule has 0 bridgehead atoms. The van der Waals surface area contributed by atoms with Crippen LogP contribution in [0.15, 0.2) is 53.0 Å². The van der Waals surface area contributed by atoms with Gasteiger partial charge in [0, 0.05) is 36.3 Å². The Bertz CT molecular complexity index is 774. The van der Waals surface area contributed by atoms with Crippen LogP contribution in [0.1, 0.15) is 0 Å². The summed E-state index contributed by atoms with van der Waals surface area (Å²) in [5, 5.41) is 2.59. The van der Waals surface area contributed by atoms with Crippen molar-refractivity contribution in [3.05, 3.63) is 58.8 Å². The smallest absolute Gasteiger partial charge is 0.313 e. The van der Waals surface area contributed by atoms with Gasteiger partial charge in [0.2, 0.25) is 0 Å². The number of benzene rings is 2. The molecule has 0 saturated carbocycles. The van der Waals surface area contributed by atoms with Crippen molar-refractivity contribution in [3.63, 3.8) is 0 Å². The summed E-state index contributed by atoms with van der Waals surface area (Å²) in [7, 11) is 0. The minimum atomic E-state index is -0.665. The van der Waals surface area contributed by atoms with Gasteiger partial charge in [-0.05, 0) is 36.4 Å². The summed E-state index contributed by atoms with van der Waals surface area (Å²) in [6.45, 7) is 1.72. The second kappa shape index (κ2) is 7.65. The first kappa shape index (κ1) is 17.4. The first-order chi connectivity index (χ1) is 12.0. The standard InChI is InChI=1S/C18H17BrFN3O2/c19-13-5-7-14(8-6-13)21-17(24)18(25)23-11-9-22(10-12-23)16-4-2-1-3-15(16)20/h1-8H,9-12H2,(H,21,24). The summed E-state index contributed by atoms with van der Waals surface area (Å²) in [6, 6.07) is 13.6. The fraction of sp³-hybridized carbons (Fsp3) is 0.222. The number of piperazine rings is 1. The lowest BCUT2D eigenvalue weighted by Gasteiger charge is -2.35. The summed E-state index contributed by atoms with van der Waals surface area (Å²) < 4.78 is 14.7. The lowest BCUT2D eigenvalue weighted by Crippen LogP contribution is -2.51. The molecule has 0 spiro atoms. The molecule has 130 valence electrons. The van der Waals surface area contributed by atoms with Crippen molar-refractivity contribution in [3.8, 4) is 0 Å². The predicted octanol–water partition coefficient (Wildman–Crippen LogP) is 2.88. The summed E-state index contributed by atoms with van der Waals surface area (Å²) in [4.78, 5) is 27.8. The molecule has 0 radical (unpaired) electrons. The molecular weight excluding hydrogens is 389 g/mol. The molecule has 3 rings (SSSR count). The lowest BCUT2D eigenvalue weighted by molar-refractivity contribution is -0.143. The predicted molar refractivity (Wildman–Crippen MR) is 98.0 cm³/mol. The van der Waals surface area contributed by atoms with Crippen molar-refractivity contribution >= 4 is 39.1 Å². The largest absolute Gasteiger partial charge is 0.366 e. The van der Waals surface area contributed by atoms with Crippen LogP contribution in [0.3, 0.4) is 0 Å². The van der Waals surface area contributed by atoms with Gasteiger partial charge in [-0.1, -0.05) is 28.1 Å². The van der Waals surface area contributed by atoms with Gasteiger partial charge in [0.25, 0.3) is 0 Å². The van der Waals surface area contributed by atoms with Crippen LogP contribution in [0.2, 0.25) is 0 Å². The minimum absolute atomic E-state index is 0.282. The molecule has 1 N–H and O–H groups in total. The van der Waals surface area contributed by atoms with Crippen LogP contribution in [0.4, 0.5) is 15.8 Å². The highest BCUT2D eigenvalue weighted by Gasteiger charge is 2.26. The average molecular weight is 406 g/mol. The first-order valence-corrected chi connectivity index (χ1v) is 8.69. The number of carbonyl (C=O) groups excluding carboxylic acids is 2. The summed E-state index contributed by atoms with van der Waals surface area (Å²) >= 11 is 3.31. The highest BCUT2D eigenvalue weighted by molar-refractivity contribution is 9.10. The van der Waals surface area contributed by atoms with Crippen LogP contribution in [0, 0.1) is 5.82 Å². The van der Waals surface area contributed by atoms with Crippen LogP contribution in [-0.2, 0) is 9.59 Å². The van der Waals surface area contributed by atoms with E-state index in [0.717, 1.165) is 4.47 Å². The molecule has 5 nitrogen and oxygen atoms in total. The molecule has 0 aliphatic carbocycles. The Balaban J connectivity index is 1.57. The number of anilines is 2. The number of nitrogens with one attached hydrogen (secondary N) is 1. The maximum absolute atomic E-state index is 13.8. The van der Waals surface area contributed by atoms with Gasteiger partial charge in [0.05, 0.1) is 5.69 Å². The van der Waals surface area contributed by atoms with E-state index in [1.807, 2.05) is 4.90 Å². The van der Waals surface area contributed by atoms with E-state index in [0.29, 0.717) is 37.6 Å². The van der Waals surface area contributed by atoms with Crippen LogP contribution >= 0.6 is 15.9 Å². The maximum atomic E-state index is 13.8. The monoisotopic (exact) mass is 405 g/mol. The molecule has 2 aromatic rings. The molecule has 0 unspecified atom stereocenters. The van der Waals surface area contributed by atoms with Crippen molar-refractivity contribution in [2.24, 2.45) is 0 Å². The zero-order valence-corrected chi connectivity index (χ0v) is 15.0. The third-order valence-electron chi connectivity index (χ3n) is 4.06. The van der Waals surface area contributed by atoms with Gasteiger partial charge in [0.15, 0.2) is 0 Å². The summed E-state index contributed by atoms with van der Waals surface area (Å²) in [5.41, 5.74) is 1.08. The molecule has 25 heavy (non-hydrogen) atoms. The van der Waals surface area contributed by atoms with E-state index in [2.05, 4.69) is 21.2 Å². The fourth-order valence-electron chi connectivity index (χ4n) is 2.72. The van der Waals surface area contributed by atoms with Gasteiger partial charge in [0.1, 0.15) is 5.82 Å². The number of hydrogen-bond acceptors (Lipinski definition) is 3. The second-order valence-electron chi connectivity index (χ2n) is 5.69. The van der Waals surface area contributed by atoms with E-state index >= 15 is 0 Å². The zero-order valence-electron chi connectivity index (χ0n) is 13.4. The van der Waals surface area contributed by atoms with E-state index in [1.165, 1.54) is 11.0 Å². The number of amides is 2. The SMILES string of the molecule is O=C(Nc1ccc(Br)cc1)C(=O)N1CCN(c2ccccc2F)CC1. The van der Waals surface area contributed by atoms with E-state index in [9.17, 15) is 14.0 Å². The molecule has 2 aromatic carbocycles. The van der Waals surface area contributed by atoms with Gasteiger partial charge in [-0.25, -0.2) is 4.39 Å². The van der Waals surface area contributed by atoms with Gasteiger partial charge in [-0.3, -0.25) is 9.59 Å². The fourth-order valence-corrected chi connectivity index (χ4v) is 2.98. The van der Waals surface area contributed by atoms with E-state index in [-0.39, 0.29) is 5.82 Å². The quantitative estimate of drug-likeness (QED) is 0.781. The van der Waals surface area contributed by atoms with E-state index < -0.39 is 11.8 Å². The number of carbonyl (C=O) groups is 2. The lowest BCUT2D eigenvalue weighted by atomic mass is 10.2. The second-order valence-corrected chi connectivity index (χ2v) is 6.61. The Labute approximate surface area is 153 Å². The van der Waals surface area contributed by atoms with Crippen LogP contribution in [-0.4, -0.2) is 42.9 Å². The number of rotatable bonds is 2. The average Bonchev–Trinajstić information content (AvgIpc) is 2.63. The van der Waals surface area contributed by atoms with Crippen LogP contribution in [0.25, 0.3) is 0 Å². The van der Waals surface area contributed by atoms with Crippen molar-refractivity contribution in [1.82, 2.24) is 4.90 Å². The molecular formula is C18H17BrFN3O2. The Morgan fingerprint density at radius 1 is 0.960 bits per heavy atom. The van der Waals surface area contributed by atoms with Gasteiger partial charge >= 0.3 is 11.8 Å². The third-order valence-corrected chi connectivity index (χ3v) is 4.59. The molecule has 0 aromatic heterocycles. The van der Waals surface area contributed by atoms with Crippen molar-refractivity contribution < 1.29 is 14.0 Å². The number of para-hydroxylation sites is 1. The van der Waals surface area contributed by atoms with Gasteiger partial charge in [-0.15, -0.1) is 0 Å². The minimum Gasteiger partial charge on any atom is -0.366 e. The Kier molecular flexibility index (Phi) is 5.33. The van der Waals surface area contributed by atoms with Crippen molar-refractivity contribution in [2.75, 3.05) is 36.4 Å². The first-order valence-electron chi connectivity index (χ1n) is 7.90. The van der Waals surface area contributed by atoms with Gasteiger partial charge < -0.3 is 15.1 Å². The molecule has 1 heterocycles. The van der Waals surface area contributed by atoms with Crippen molar-refractivity contribution in [2.45, 2.75) is 0 Å². The number of halogens is 2. The maximum Gasteiger partial charge on any atom is 0.313 e. The zero-order chi connectivity index (χ0) is 17.8. The Morgan fingerprint density at radius 3 is 2.24 bits per heavy atom. The molecule has 1 saturated heterocycles. The molecule has 0 atom stereocenters. The molecule has 1 fully saturated rings. The Morgan fingerprint density at radius 2 is 1.60 bits per heavy atom. The highest BCUT2D eigenvalue weighted by Crippen LogP contribution is 2.20. The van der Waals surface area contributed by atoms with Crippen LogP contribution in [0.5, 0.6) is 0 Å². The van der Waals surface area contributed by atoms with E-state index in [4.69, 9.17) is 0 Å². The number of nitrogens with zero attached hydrogens (tertiary/aromatic N) is 2. The highest BCUT2D eigenvalue weighted by atomic mass is 79.9. The molecule has 1 aliphatic rings. The van der Waals surface area contributed by atoms with Gasteiger partial charge in [-0.2, -0.15) is 0 Å². The molecule has 2 amide bonds. The molecule has 1 aliphatic heterocycles. The topological polar surface area (TPSA) is 52.7 Å².